The summed E-state index contributed by atoms with van der Waals surface area (Å²) in [6, 6.07) is 7.05. The summed E-state index contributed by atoms with van der Waals surface area (Å²) in [6.07, 6.45) is 1.58. The van der Waals surface area contributed by atoms with E-state index in [-0.39, 0.29) is 6.04 Å². The minimum Gasteiger partial charge on any atom is -0.363 e. The number of sulfonamides is 1. The van der Waals surface area contributed by atoms with E-state index in [2.05, 4.69) is 29.1 Å². The molecule has 2 heterocycles. The second kappa shape index (κ2) is 8.14. The Morgan fingerprint density at radius 2 is 1.75 bits per heavy atom. The first-order valence-corrected chi connectivity index (χ1v) is 11.6. The molecule has 3 rings (SSSR count). The summed E-state index contributed by atoms with van der Waals surface area (Å²) in [7, 11) is -3.44. The molecule has 8 heteroatoms. The van der Waals surface area contributed by atoms with Gasteiger partial charge in [-0.2, -0.15) is 4.31 Å². The quantitative estimate of drug-likeness (QED) is 0.611. The number of fused-ring (bicyclic) bond motifs is 1. The summed E-state index contributed by atoms with van der Waals surface area (Å²) in [6.45, 7) is 10.8. The molecule has 2 aromatic heterocycles. The van der Waals surface area contributed by atoms with Gasteiger partial charge in [-0.25, -0.2) is 18.4 Å². The highest BCUT2D eigenvalue weighted by Gasteiger charge is 2.22. The third-order valence-electron chi connectivity index (χ3n) is 5.04. The largest absolute Gasteiger partial charge is 0.363 e. The Morgan fingerprint density at radius 1 is 1.11 bits per heavy atom. The Labute approximate surface area is 170 Å². The molecule has 1 atom stereocenters. The van der Waals surface area contributed by atoms with Gasteiger partial charge in [0.2, 0.25) is 10.0 Å². The molecule has 1 N–H and O–H groups in total. The van der Waals surface area contributed by atoms with E-state index in [9.17, 15) is 8.42 Å². The molecule has 150 valence electrons. The van der Waals surface area contributed by atoms with Gasteiger partial charge < -0.3 is 5.32 Å². The Bertz CT molecular complexity index is 1070. The standard InChI is InChI=1S/C20H26N4O2S2/c1-6-24(7-2)28(25,26)17-10-8-16(9-11-17)14(4)23-19-18-13(3)15(5)27-20(18)22-12-21-19/h8-12,14H,6-7H2,1-5H3,(H,21,22,23)/t14-/m1/s1. The highest BCUT2D eigenvalue weighted by molar-refractivity contribution is 7.89. The number of thiophene rings is 1. The third-order valence-corrected chi connectivity index (χ3v) is 8.22. The predicted octanol–water partition coefficient (Wildman–Crippen LogP) is 4.51. The minimum absolute atomic E-state index is 0.0251. The Morgan fingerprint density at radius 3 is 2.36 bits per heavy atom. The lowest BCUT2D eigenvalue weighted by Gasteiger charge is -2.19. The van der Waals surface area contributed by atoms with Crippen molar-refractivity contribution >= 4 is 37.4 Å². The maximum absolute atomic E-state index is 12.6. The van der Waals surface area contributed by atoms with Crippen LogP contribution in [0.4, 0.5) is 5.82 Å². The molecule has 0 unspecified atom stereocenters. The molecular weight excluding hydrogens is 392 g/mol. The van der Waals surface area contributed by atoms with Crippen LogP contribution in [0.2, 0.25) is 0 Å². The van der Waals surface area contributed by atoms with E-state index < -0.39 is 10.0 Å². The lowest BCUT2D eigenvalue weighted by atomic mass is 10.1. The molecule has 0 saturated heterocycles. The van der Waals surface area contributed by atoms with Crippen molar-refractivity contribution in [3.05, 3.63) is 46.6 Å². The fourth-order valence-electron chi connectivity index (χ4n) is 3.22. The fraction of sp³-hybridized carbons (Fsp3) is 0.400. The number of nitrogens with zero attached hydrogens (tertiary/aromatic N) is 3. The summed E-state index contributed by atoms with van der Waals surface area (Å²) in [5.74, 6) is 0.805. The molecule has 28 heavy (non-hydrogen) atoms. The molecule has 0 bridgehead atoms. The lowest BCUT2D eigenvalue weighted by Crippen LogP contribution is -2.30. The highest BCUT2D eigenvalue weighted by Crippen LogP contribution is 2.34. The van der Waals surface area contributed by atoms with Gasteiger partial charge in [0.05, 0.1) is 10.3 Å². The van der Waals surface area contributed by atoms with E-state index in [1.54, 1.807) is 29.8 Å². The maximum atomic E-state index is 12.6. The minimum atomic E-state index is -3.44. The van der Waals surface area contributed by atoms with E-state index in [1.165, 1.54) is 14.7 Å². The second-order valence-electron chi connectivity index (χ2n) is 6.71. The van der Waals surface area contributed by atoms with Gasteiger partial charge >= 0.3 is 0 Å². The zero-order chi connectivity index (χ0) is 20.5. The molecule has 0 amide bonds. The molecule has 0 fully saturated rings. The van der Waals surface area contributed by atoms with Crippen molar-refractivity contribution < 1.29 is 8.42 Å². The first-order chi connectivity index (χ1) is 13.3. The molecular formula is C20H26N4O2S2. The van der Waals surface area contributed by atoms with Crippen LogP contribution in [0.15, 0.2) is 35.5 Å². The van der Waals surface area contributed by atoms with Gasteiger partial charge in [-0.3, -0.25) is 0 Å². The molecule has 6 nitrogen and oxygen atoms in total. The van der Waals surface area contributed by atoms with Crippen LogP contribution >= 0.6 is 11.3 Å². The van der Waals surface area contributed by atoms with E-state index in [0.29, 0.717) is 18.0 Å². The maximum Gasteiger partial charge on any atom is 0.243 e. The van der Waals surface area contributed by atoms with Crippen molar-refractivity contribution in [2.24, 2.45) is 0 Å². The van der Waals surface area contributed by atoms with Crippen LogP contribution in [0.1, 0.15) is 42.8 Å². The van der Waals surface area contributed by atoms with Gasteiger partial charge in [-0.1, -0.05) is 26.0 Å². The monoisotopic (exact) mass is 418 g/mol. The normalized spacial score (nSPS) is 13.2. The predicted molar refractivity (Wildman–Crippen MR) is 115 cm³/mol. The summed E-state index contributed by atoms with van der Waals surface area (Å²) >= 11 is 1.66. The Kier molecular flexibility index (Phi) is 6.02. The van der Waals surface area contributed by atoms with Crippen LogP contribution in [0.3, 0.4) is 0 Å². The van der Waals surface area contributed by atoms with Crippen LogP contribution in [0.5, 0.6) is 0 Å². The molecule has 0 saturated carbocycles. The van der Waals surface area contributed by atoms with Crippen LogP contribution in [0, 0.1) is 13.8 Å². The summed E-state index contributed by atoms with van der Waals surface area (Å²) in [4.78, 5) is 11.3. The number of nitrogens with one attached hydrogen (secondary N) is 1. The van der Waals surface area contributed by atoms with E-state index in [1.807, 2.05) is 32.9 Å². The SMILES string of the molecule is CCN(CC)S(=O)(=O)c1ccc([C@@H](C)Nc2ncnc3sc(C)c(C)c23)cc1. The lowest BCUT2D eigenvalue weighted by molar-refractivity contribution is 0.445. The number of hydrogen-bond donors (Lipinski definition) is 1. The number of anilines is 1. The van der Waals surface area contributed by atoms with Crippen molar-refractivity contribution in [2.75, 3.05) is 18.4 Å². The first-order valence-electron chi connectivity index (χ1n) is 9.36. The van der Waals surface area contributed by atoms with Crippen molar-refractivity contribution in [2.45, 2.75) is 45.6 Å². The van der Waals surface area contributed by atoms with E-state index in [4.69, 9.17) is 0 Å². The van der Waals surface area contributed by atoms with E-state index >= 15 is 0 Å². The van der Waals surface area contributed by atoms with Crippen LogP contribution in [-0.4, -0.2) is 35.8 Å². The number of aromatic nitrogens is 2. The van der Waals surface area contributed by atoms with E-state index in [0.717, 1.165) is 21.6 Å². The number of rotatable bonds is 7. The molecule has 0 radical (unpaired) electrons. The summed E-state index contributed by atoms with van der Waals surface area (Å²) in [5, 5.41) is 4.51. The molecule has 1 aromatic carbocycles. The Balaban J connectivity index is 1.86. The molecule has 3 aromatic rings. The topological polar surface area (TPSA) is 75.2 Å². The average molecular weight is 419 g/mol. The zero-order valence-corrected chi connectivity index (χ0v) is 18.5. The molecule has 0 spiro atoms. The van der Waals surface area contributed by atoms with Gasteiger partial charge in [0.15, 0.2) is 0 Å². The zero-order valence-electron chi connectivity index (χ0n) is 16.9. The van der Waals surface area contributed by atoms with Crippen molar-refractivity contribution in [3.63, 3.8) is 0 Å². The smallest absolute Gasteiger partial charge is 0.243 e. The fourth-order valence-corrected chi connectivity index (χ4v) is 5.68. The Hall–Kier alpha value is -2.03. The molecule has 0 aliphatic rings. The summed E-state index contributed by atoms with van der Waals surface area (Å²) in [5.41, 5.74) is 2.19. The van der Waals surface area contributed by atoms with Gasteiger partial charge in [0, 0.05) is 24.0 Å². The van der Waals surface area contributed by atoms with Crippen LogP contribution in [0.25, 0.3) is 10.2 Å². The molecule has 0 aliphatic carbocycles. The summed E-state index contributed by atoms with van der Waals surface area (Å²) < 4.78 is 26.8. The highest BCUT2D eigenvalue weighted by atomic mass is 32.2. The third kappa shape index (κ3) is 3.76. The number of hydrogen-bond acceptors (Lipinski definition) is 6. The van der Waals surface area contributed by atoms with Gasteiger partial charge in [0.1, 0.15) is 17.0 Å². The average Bonchev–Trinajstić information content (AvgIpc) is 2.97. The van der Waals surface area contributed by atoms with Gasteiger partial charge in [-0.05, 0) is 44.0 Å². The molecule has 0 aliphatic heterocycles. The van der Waals surface area contributed by atoms with Crippen molar-refractivity contribution in [1.82, 2.24) is 14.3 Å². The van der Waals surface area contributed by atoms with Gasteiger partial charge in [-0.15, -0.1) is 11.3 Å². The first kappa shape index (κ1) is 20.7. The second-order valence-corrected chi connectivity index (χ2v) is 9.85. The number of aryl methyl sites for hydroxylation is 2. The van der Waals surface area contributed by atoms with Crippen LogP contribution in [-0.2, 0) is 10.0 Å². The van der Waals surface area contributed by atoms with Crippen molar-refractivity contribution in [3.8, 4) is 0 Å². The van der Waals surface area contributed by atoms with Gasteiger partial charge in [0.25, 0.3) is 0 Å². The van der Waals surface area contributed by atoms with Crippen LogP contribution < -0.4 is 5.32 Å². The van der Waals surface area contributed by atoms with Crippen molar-refractivity contribution in [1.29, 1.82) is 0 Å². The number of benzene rings is 1.